The summed E-state index contributed by atoms with van der Waals surface area (Å²) in [5, 5.41) is 18.0. The van der Waals surface area contributed by atoms with Gasteiger partial charge in [-0.3, -0.25) is 44.2 Å². The van der Waals surface area contributed by atoms with Crippen molar-refractivity contribution in [2.75, 3.05) is 42.5 Å². The van der Waals surface area contributed by atoms with E-state index in [0.717, 1.165) is 114 Å². The minimum Gasteiger partial charge on any atom is -0.372 e. The highest BCUT2D eigenvalue weighted by Crippen LogP contribution is 2.41. The van der Waals surface area contributed by atoms with Gasteiger partial charge in [0.2, 0.25) is 11.8 Å². The molecule has 4 saturated heterocycles. The van der Waals surface area contributed by atoms with Crippen molar-refractivity contribution in [3.8, 4) is 22.4 Å². The predicted molar refractivity (Wildman–Crippen MR) is 260 cm³/mol. The molecule has 70 heavy (non-hydrogen) atoms. The van der Waals surface area contributed by atoms with E-state index >= 15 is 4.39 Å². The van der Waals surface area contributed by atoms with Gasteiger partial charge in [0.1, 0.15) is 11.9 Å². The van der Waals surface area contributed by atoms with Crippen LogP contribution in [0.15, 0.2) is 77.3 Å². The zero-order valence-corrected chi connectivity index (χ0v) is 39.7. The lowest BCUT2D eigenvalue weighted by atomic mass is 9.94. The minimum absolute atomic E-state index is 0.0230. The molecule has 0 spiro atoms. The van der Waals surface area contributed by atoms with E-state index in [1.807, 2.05) is 39.8 Å². The molecule has 2 bridgehead atoms. The quantitative estimate of drug-likeness (QED) is 0.120. The van der Waals surface area contributed by atoms with E-state index in [1.165, 1.54) is 11.8 Å². The van der Waals surface area contributed by atoms with Crippen molar-refractivity contribution >= 4 is 51.8 Å². The number of piperidine rings is 2. The molecule has 0 saturated carbocycles. The number of aromatic amines is 1. The summed E-state index contributed by atoms with van der Waals surface area (Å²) < 4.78 is 21.1. The molecule has 4 fully saturated rings. The Morgan fingerprint density at radius 2 is 1.54 bits per heavy atom. The van der Waals surface area contributed by atoms with Gasteiger partial charge < -0.3 is 19.6 Å². The number of aromatic nitrogens is 4. The lowest BCUT2D eigenvalue weighted by Gasteiger charge is -2.44. The molecule has 0 radical (unpaired) electrons. The van der Waals surface area contributed by atoms with Crippen LogP contribution in [0.1, 0.15) is 108 Å². The third kappa shape index (κ3) is 8.28. The van der Waals surface area contributed by atoms with Crippen molar-refractivity contribution in [2.45, 2.75) is 96.3 Å². The van der Waals surface area contributed by atoms with Crippen molar-refractivity contribution in [1.82, 2.24) is 40.8 Å². The number of likely N-dealkylation sites (tertiary alicyclic amines) is 1. The Balaban J connectivity index is 0.689. The van der Waals surface area contributed by atoms with Gasteiger partial charge in [0.15, 0.2) is 5.82 Å². The number of piperazine rings is 1. The normalized spacial score (nSPS) is 21.0. The van der Waals surface area contributed by atoms with E-state index in [1.54, 1.807) is 0 Å². The van der Waals surface area contributed by atoms with Gasteiger partial charge in [0.05, 0.1) is 28.0 Å². The zero-order valence-electron chi connectivity index (χ0n) is 39.7. The molecule has 2 aromatic heterocycles. The Hall–Kier alpha value is -7.27. The van der Waals surface area contributed by atoms with E-state index in [9.17, 15) is 24.0 Å². The molecule has 5 aliphatic heterocycles. The number of carbonyl (C=O) groups is 5. The Kier molecular flexibility index (Phi) is 11.4. The van der Waals surface area contributed by atoms with Gasteiger partial charge in [0, 0.05) is 79.8 Å². The Morgan fingerprint density at radius 3 is 2.23 bits per heavy atom. The molecule has 11 rings (SSSR count). The molecule has 360 valence electrons. The van der Waals surface area contributed by atoms with Crippen LogP contribution in [0.4, 0.5) is 15.8 Å². The van der Waals surface area contributed by atoms with Crippen LogP contribution in [0.3, 0.4) is 0 Å². The SMILES string of the molecule is Cc1cc(-c2n[nH]c3ccc(-c4ccc(N5CCC(CN6CC7CCC(C6)N7c6cc7c(cc6F)C(=O)N(C6CCC(=O)NC6=O)C7=O)CC5)cc4)cc23)ccc1CNC(=O)c1nc(C(C)(C)C)no1. The second-order valence-electron chi connectivity index (χ2n) is 20.6. The largest absolute Gasteiger partial charge is 0.372 e. The Labute approximate surface area is 403 Å². The average molecular weight is 947 g/mol. The summed E-state index contributed by atoms with van der Waals surface area (Å²) in [6, 6.07) is 23.0. The first-order valence-corrected chi connectivity index (χ1v) is 24.3. The molecule has 5 aliphatic rings. The third-order valence-electron chi connectivity index (χ3n) is 14.9. The van der Waals surface area contributed by atoms with Crippen molar-refractivity contribution in [3.05, 3.63) is 113 Å². The van der Waals surface area contributed by atoms with Gasteiger partial charge in [-0.05, 0) is 110 Å². The summed E-state index contributed by atoms with van der Waals surface area (Å²) in [5.41, 5.74) is 8.26. The number of benzene rings is 4. The monoisotopic (exact) mass is 946 g/mol. The summed E-state index contributed by atoms with van der Waals surface area (Å²) in [7, 11) is 0. The summed E-state index contributed by atoms with van der Waals surface area (Å²) >= 11 is 0. The number of nitrogens with zero attached hydrogens (tertiary/aromatic N) is 7. The second-order valence-corrected chi connectivity index (χ2v) is 20.6. The number of carbonyl (C=O) groups excluding carboxylic acids is 5. The smallest absolute Gasteiger partial charge is 0.315 e. The van der Waals surface area contributed by atoms with Gasteiger partial charge in [-0.15, -0.1) is 0 Å². The first kappa shape index (κ1) is 45.2. The summed E-state index contributed by atoms with van der Waals surface area (Å²) in [6.45, 7) is 12.7. The first-order valence-electron chi connectivity index (χ1n) is 24.3. The fraction of sp³-hybridized carbons (Fsp3) is 0.396. The maximum atomic E-state index is 15.9. The number of hydrogen-bond acceptors (Lipinski definition) is 12. The maximum absolute atomic E-state index is 15.9. The molecule has 7 heterocycles. The summed E-state index contributed by atoms with van der Waals surface area (Å²) in [6.07, 6.45) is 4.05. The standard InChI is InChI=1S/C53H55FN10O6/c1-29-21-33(5-6-34(29)25-55-48(67)49-57-52(60-70-49)53(2,3)4)46-40-22-32(9-14-42(40)58-59-46)31-7-10-35(11-8-31)62-19-17-30(18-20-62)26-61-27-36-12-13-37(28-61)63(36)44-24-39-38(23-41(44)54)50(68)64(51(39)69)43-15-16-45(65)56-47(43)66/h5-11,14,21-24,30,36-37,43H,12-13,15-20,25-28H2,1-4H3,(H,55,67)(H,58,59)(H,56,65,66). The number of halogens is 1. The summed E-state index contributed by atoms with van der Waals surface area (Å²) in [5.74, 6) is -2.44. The van der Waals surface area contributed by atoms with Crippen LogP contribution >= 0.6 is 0 Å². The van der Waals surface area contributed by atoms with Gasteiger partial charge in [0.25, 0.3) is 11.8 Å². The minimum atomic E-state index is -1.10. The number of rotatable bonds is 10. The van der Waals surface area contributed by atoms with Gasteiger partial charge in [-0.1, -0.05) is 56.3 Å². The van der Waals surface area contributed by atoms with Crippen molar-refractivity contribution in [2.24, 2.45) is 5.92 Å². The van der Waals surface area contributed by atoms with E-state index in [-0.39, 0.29) is 47.4 Å². The number of imide groups is 2. The lowest BCUT2D eigenvalue weighted by Crippen LogP contribution is -2.55. The van der Waals surface area contributed by atoms with Crippen LogP contribution in [0, 0.1) is 18.7 Å². The second kappa shape index (κ2) is 17.6. The number of nitrogens with one attached hydrogen (secondary N) is 3. The van der Waals surface area contributed by atoms with Gasteiger partial charge >= 0.3 is 11.8 Å². The first-order chi connectivity index (χ1) is 33.7. The number of fused-ring (bicyclic) bond motifs is 4. The topological polar surface area (TPSA) is 190 Å². The molecule has 5 amide bonds. The molecular formula is C53H55FN10O6. The molecule has 3 N–H and O–H groups in total. The number of hydrogen-bond donors (Lipinski definition) is 3. The van der Waals surface area contributed by atoms with E-state index < -0.39 is 41.4 Å². The van der Waals surface area contributed by atoms with Crippen LogP contribution in [0.2, 0.25) is 0 Å². The fourth-order valence-electron chi connectivity index (χ4n) is 11.1. The molecule has 6 aromatic rings. The van der Waals surface area contributed by atoms with Crippen LogP contribution < -0.4 is 20.4 Å². The third-order valence-corrected chi connectivity index (χ3v) is 14.9. The molecular weight excluding hydrogens is 892 g/mol. The highest BCUT2D eigenvalue weighted by molar-refractivity contribution is 6.23. The van der Waals surface area contributed by atoms with Crippen molar-refractivity contribution in [1.29, 1.82) is 0 Å². The van der Waals surface area contributed by atoms with Crippen LogP contribution in [-0.4, -0.2) is 111 Å². The number of amides is 5. The van der Waals surface area contributed by atoms with Crippen LogP contribution in [-0.2, 0) is 21.5 Å². The van der Waals surface area contributed by atoms with Crippen LogP contribution in [0.5, 0.6) is 0 Å². The number of aryl methyl sites for hydroxylation is 1. The summed E-state index contributed by atoms with van der Waals surface area (Å²) in [4.78, 5) is 76.2. The van der Waals surface area contributed by atoms with Crippen molar-refractivity contribution in [3.63, 3.8) is 0 Å². The van der Waals surface area contributed by atoms with Crippen LogP contribution in [0.25, 0.3) is 33.3 Å². The highest BCUT2D eigenvalue weighted by atomic mass is 19.1. The highest BCUT2D eigenvalue weighted by Gasteiger charge is 2.47. The molecule has 0 aliphatic carbocycles. The lowest BCUT2D eigenvalue weighted by molar-refractivity contribution is -0.136. The fourth-order valence-corrected chi connectivity index (χ4v) is 11.1. The predicted octanol–water partition coefficient (Wildman–Crippen LogP) is 6.93. The molecule has 3 unspecified atom stereocenters. The average Bonchev–Trinajstić information content (AvgIpc) is 4.12. The number of H-pyrrole nitrogens is 1. The molecule has 16 nitrogen and oxygen atoms in total. The maximum Gasteiger partial charge on any atom is 0.315 e. The zero-order chi connectivity index (χ0) is 48.6. The molecule has 3 atom stereocenters. The van der Waals surface area contributed by atoms with E-state index in [4.69, 9.17) is 9.62 Å². The molecule has 17 heteroatoms. The van der Waals surface area contributed by atoms with Crippen molar-refractivity contribution < 1.29 is 32.9 Å². The van der Waals surface area contributed by atoms with E-state index in [0.29, 0.717) is 24.0 Å². The van der Waals surface area contributed by atoms with Gasteiger partial charge in [-0.2, -0.15) is 10.1 Å². The Bertz CT molecular complexity index is 3080. The number of anilines is 2. The van der Waals surface area contributed by atoms with E-state index in [2.05, 4.69) is 89.1 Å². The molecule has 4 aromatic carbocycles. The Morgan fingerprint density at radius 1 is 0.843 bits per heavy atom. The van der Waals surface area contributed by atoms with Gasteiger partial charge in [-0.25, -0.2) is 4.39 Å².